The normalized spacial score (nSPS) is 22.9. The van der Waals surface area contributed by atoms with Crippen molar-refractivity contribution in [2.24, 2.45) is 0 Å². The van der Waals surface area contributed by atoms with Crippen LogP contribution in [0.3, 0.4) is 0 Å². The molecule has 1 fully saturated rings. The van der Waals surface area contributed by atoms with Crippen molar-refractivity contribution in [3.63, 3.8) is 0 Å². The van der Waals surface area contributed by atoms with E-state index < -0.39 is 0 Å². The van der Waals surface area contributed by atoms with Crippen LogP contribution in [0, 0.1) is 6.92 Å². The number of aryl methyl sites for hydroxylation is 1. The first-order chi connectivity index (χ1) is 9.54. The smallest absolute Gasteiger partial charge is 0.232 e. The SMILES string of the molecule is Cc1ccc(CSCC(=O)N2CC(C)OC(C)C2)cc1. The second kappa shape index (κ2) is 7.14. The van der Waals surface area contributed by atoms with Crippen molar-refractivity contribution >= 4 is 17.7 Å². The Balaban J connectivity index is 1.76. The minimum absolute atomic E-state index is 0.143. The highest BCUT2D eigenvalue weighted by Gasteiger charge is 2.25. The second-order valence-corrected chi connectivity index (χ2v) is 6.52. The fraction of sp³-hybridized carbons (Fsp3) is 0.562. The Bertz CT molecular complexity index is 436. The van der Waals surface area contributed by atoms with Gasteiger partial charge in [0, 0.05) is 18.8 Å². The Morgan fingerprint density at radius 1 is 1.25 bits per heavy atom. The monoisotopic (exact) mass is 293 g/mol. The Morgan fingerprint density at radius 3 is 2.45 bits per heavy atom. The number of ether oxygens (including phenoxy) is 1. The standard InChI is InChI=1S/C16H23NO2S/c1-12-4-6-15(7-5-12)10-20-11-16(18)17-8-13(2)19-14(3)9-17/h4-7,13-14H,8-11H2,1-3H3. The third-order valence-electron chi connectivity index (χ3n) is 3.39. The number of hydrogen-bond acceptors (Lipinski definition) is 3. The maximum atomic E-state index is 12.2. The molecule has 0 aliphatic carbocycles. The van der Waals surface area contributed by atoms with Crippen LogP contribution in [-0.4, -0.2) is 41.9 Å². The zero-order valence-corrected chi connectivity index (χ0v) is 13.3. The third kappa shape index (κ3) is 4.53. The van der Waals surface area contributed by atoms with Gasteiger partial charge in [-0.25, -0.2) is 0 Å². The van der Waals surface area contributed by atoms with Crippen molar-refractivity contribution < 1.29 is 9.53 Å². The molecule has 1 aliphatic rings. The number of carbonyl (C=O) groups excluding carboxylic acids is 1. The molecule has 1 aliphatic heterocycles. The van der Waals surface area contributed by atoms with Crippen LogP contribution in [0.25, 0.3) is 0 Å². The minimum atomic E-state index is 0.143. The van der Waals surface area contributed by atoms with E-state index in [0.717, 1.165) is 5.75 Å². The summed E-state index contributed by atoms with van der Waals surface area (Å²) in [6.45, 7) is 7.56. The molecule has 3 nitrogen and oxygen atoms in total. The summed E-state index contributed by atoms with van der Waals surface area (Å²) in [7, 11) is 0. The summed E-state index contributed by atoms with van der Waals surface area (Å²) in [5.41, 5.74) is 2.54. The zero-order valence-electron chi connectivity index (χ0n) is 12.5. The van der Waals surface area contributed by atoms with Crippen LogP contribution < -0.4 is 0 Å². The average molecular weight is 293 g/mol. The molecule has 4 heteroatoms. The van der Waals surface area contributed by atoms with E-state index in [9.17, 15) is 4.79 Å². The van der Waals surface area contributed by atoms with Gasteiger partial charge in [0.05, 0.1) is 18.0 Å². The first-order valence-corrected chi connectivity index (χ1v) is 8.26. The Hall–Kier alpha value is -1.00. The van der Waals surface area contributed by atoms with Crippen LogP contribution in [0.2, 0.25) is 0 Å². The molecule has 1 heterocycles. The summed E-state index contributed by atoms with van der Waals surface area (Å²) in [4.78, 5) is 14.1. The van der Waals surface area contributed by atoms with Gasteiger partial charge in [0.1, 0.15) is 0 Å². The van der Waals surface area contributed by atoms with Gasteiger partial charge in [-0.15, -0.1) is 11.8 Å². The zero-order chi connectivity index (χ0) is 14.5. The summed E-state index contributed by atoms with van der Waals surface area (Å²) in [5.74, 6) is 1.67. The number of amides is 1. The van der Waals surface area contributed by atoms with E-state index in [1.54, 1.807) is 11.8 Å². The van der Waals surface area contributed by atoms with Gasteiger partial charge in [-0.3, -0.25) is 4.79 Å². The Kier molecular flexibility index (Phi) is 5.49. The predicted octanol–water partition coefficient (Wildman–Crippen LogP) is 2.86. The first-order valence-electron chi connectivity index (χ1n) is 7.11. The molecule has 0 bridgehead atoms. The number of morpholine rings is 1. The molecule has 20 heavy (non-hydrogen) atoms. The van der Waals surface area contributed by atoms with Crippen LogP contribution in [0.5, 0.6) is 0 Å². The van der Waals surface area contributed by atoms with Gasteiger partial charge in [-0.05, 0) is 26.3 Å². The maximum Gasteiger partial charge on any atom is 0.232 e. The van der Waals surface area contributed by atoms with Crippen molar-refractivity contribution in [3.05, 3.63) is 35.4 Å². The lowest BCUT2D eigenvalue weighted by Gasteiger charge is -2.35. The molecule has 2 rings (SSSR count). The lowest BCUT2D eigenvalue weighted by Crippen LogP contribution is -2.48. The molecule has 0 spiro atoms. The third-order valence-corrected chi connectivity index (χ3v) is 4.38. The van der Waals surface area contributed by atoms with Crippen molar-refractivity contribution in [2.75, 3.05) is 18.8 Å². The summed E-state index contributed by atoms with van der Waals surface area (Å²) < 4.78 is 5.65. The van der Waals surface area contributed by atoms with Gasteiger partial charge in [0.2, 0.25) is 5.91 Å². The molecule has 1 amide bonds. The molecular formula is C16H23NO2S. The largest absolute Gasteiger partial charge is 0.372 e. The van der Waals surface area contributed by atoms with Crippen LogP contribution in [0.15, 0.2) is 24.3 Å². The molecule has 1 aromatic rings. The van der Waals surface area contributed by atoms with E-state index in [4.69, 9.17) is 4.74 Å². The lowest BCUT2D eigenvalue weighted by atomic mass is 10.2. The molecule has 0 N–H and O–H groups in total. The topological polar surface area (TPSA) is 29.5 Å². The van der Waals surface area contributed by atoms with Crippen LogP contribution >= 0.6 is 11.8 Å². The highest BCUT2D eigenvalue weighted by atomic mass is 32.2. The number of carbonyl (C=O) groups is 1. The first kappa shape index (κ1) is 15.4. The van der Waals surface area contributed by atoms with Gasteiger partial charge in [0.15, 0.2) is 0 Å². The second-order valence-electron chi connectivity index (χ2n) is 5.53. The molecule has 1 saturated heterocycles. The molecular weight excluding hydrogens is 270 g/mol. The summed E-state index contributed by atoms with van der Waals surface area (Å²) in [6, 6.07) is 8.49. The fourth-order valence-electron chi connectivity index (χ4n) is 2.41. The van der Waals surface area contributed by atoms with Crippen LogP contribution in [0.1, 0.15) is 25.0 Å². The summed E-state index contributed by atoms with van der Waals surface area (Å²) in [6.07, 6.45) is 0.287. The summed E-state index contributed by atoms with van der Waals surface area (Å²) in [5, 5.41) is 0. The number of benzene rings is 1. The van der Waals surface area contributed by atoms with Crippen molar-refractivity contribution in [3.8, 4) is 0 Å². The molecule has 0 aromatic heterocycles. The van der Waals surface area contributed by atoms with Crippen LogP contribution in [-0.2, 0) is 15.3 Å². The molecule has 2 atom stereocenters. The van der Waals surface area contributed by atoms with E-state index in [1.807, 2.05) is 18.7 Å². The van der Waals surface area contributed by atoms with Gasteiger partial charge >= 0.3 is 0 Å². The van der Waals surface area contributed by atoms with Gasteiger partial charge in [-0.1, -0.05) is 29.8 Å². The lowest BCUT2D eigenvalue weighted by molar-refractivity contribution is -0.140. The number of thioether (sulfide) groups is 1. The molecule has 2 unspecified atom stereocenters. The van der Waals surface area contributed by atoms with E-state index in [1.165, 1.54) is 11.1 Å². The van der Waals surface area contributed by atoms with E-state index in [2.05, 4.69) is 31.2 Å². The Morgan fingerprint density at radius 2 is 1.85 bits per heavy atom. The van der Waals surface area contributed by atoms with Crippen molar-refractivity contribution in [1.29, 1.82) is 0 Å². The number of nitrogens with zero attached hydrogens (tertiary/aromatic N) is 1. The molecule has 0 saturated carbocycles. The quantitative estimate of drug-likeness (QED) is 0.855. The minimum Gasteiger partial charge on any atom is -0.372 e. The van der Waals surface area contributed by atoms with E-state index >= 15 is 0 Å². The van der Waals surface area contributed by atoms with E-state index in [-0.39, 0.29) is 18.1 Å². The highest BCUT2D eigenvalue weighted by molar-refractivity contribution is 7.99. The van der Waals surface area contributed by atoms with Gasteiger partial charge in [-0.2, -0.15) is 0 Å². The molecule has 110 valence electrons. The van der Waals surface area contributed by atoms with E-state index in [0.29, 0.717) is 18.8 Å². The predicted molar refractivity (Wildman–Crippen MR) is 83.9 cm³/mol. The van der Waals surface area contributed by atoms with Crippen molar-refractivity contribution in [2.45, 2.75) is 38.7 Å². The van der Waals surface area contributed by atoms with Crippen molar-refractivity contribution in [1.82, 2.24) is 4.90 Å². The number of hydrogen-bond donors (Lipinski definition) is 0. The Labute approximate surface area is 125 Å². The average Bonchev–Trinajstić information content (AvgIpc) is 2.40. The number of rotatable bonds is 4. The van der Waals surface area contributed by atoms with Gasteiger partial charge < -0.3 is 9.64 Å². The maximum absolute atomic E-state index is 12.2. The molecule has 1 aromatic carbocycles. The molecule has 0 radical (unpaired) electrons. The highest BCUT2D eigenvalue weighted by Crippen LogP contribution is 2.16. The van der Waals surface area contributed by atoms with Gasteiger partial charge in [0.25, 0.3) is 0 Å². The summed E-state index contributed by atoms with van der Waals surface area (Å²) >= 11 is 1.68. The van der Waals surface area contributed by atoms with Crippen LogP contribution in [0.4, 0.5) is 0 Å². The fourth-order valence-corrected chi connectivity index (χ4v) is 3.30.